The number of quaternary nitrogens is 1. The summed E-state index contributed by atoms with van der Waals surface area (Å²) in [5.74, 6) is 1.76. The lowest BCUT2D eigenvalue weighted by atomic mass is 9.86. The summed E-state index contributed by atoms with van der Waals surface area (Å²) in [4.78, 5) is 0. The molecule has 39 heavy (non-hydrogen) atoms. The fourth-order valence-electron chi connectivity index (χ4n) is 5.34. The summed E-state index contributed by atoms with van der Waals surface area (Å²) in [6.07, 6.45) is 0. The van der Waals surface area contributed by atoms with Gasteiger partial charge >= 0.3 is 0 Å². The molecule has 190 valence electrons. The molecule has 0 unspecified atom stereocenters. The van der Waals surface area contributed by atoms with E-state index < -0.39 is 0 Å². The van der Waals surface area contributed by atoms with Crippen molar-refractivity contribution >= 4 is 23.0 Å². The Morgan fingerprint density at radius 2 is 0.769 bits per heavy atom. The molecule has 0 saturated heterocycles. The Kier molecular flexibility index (Phi) is 6.30. The molecule has 0 amide bonds. The van der Waals surface area contributed by atoms with Crippen LogP contribution in [0.1, 0.15) is 37.5 Å². The minimum atomic E-state index is 0.0724. The number of hydrogen-bond acceptors (Lipinski definition) is 2. The Bertz CT molecular complexity index is 1590. The summed E-state index contributed by atoms with van der Waals surface area (Å²) < 4.78 is 0.307. The van der Waals surface area contributed by atoms with Crippen LogP contribution in [0.25, 0.3) is 11.1 Å². The van der Waals surface area contributed by atoms with Gasteiger partial charge in [0, 0.05) is 24.3 Å². The third-order valence-electron chi connectivity index (χ3n) is 7.42. The maximum absolute atomic E-state index is 4.92. The first-order chi connectivity index (χ1) is 19.0. The van der Waals surface area contributed by atoms with Gasteiger partial charge < -0.3 is 0 Å². The predicted molar refractivity (Wildman–Crippen MR) is 164 cm³/mol. The van der Waals surface area contributed by atoms with Crippen molar-refractivity contribution in [3.05, 3.63) is 156 Å². The Balaban J connectivity index is 1.54. The highest BCUT2D eigenvalue weighted by Gasteiger charge is 2.50. The number of benzene rings is 5. The first-order valence-corrected chi connectivity index (χ1v) is 13.4. The van der Waals surface area contributed by atoms with Gasteiger partial charge in [0.05, 0.1) is 11.1 Å². The van der Waals surface area contributed by atoms with Gasteiger partial charge in [-0.3, -0.25) is 0 Å². The summed E-state index contributed by atoms with van der Waals surface area (Å²) in [5, 5.41) is 9.84. The summed E-state index contributed by atoms with van der Waals surface area (Å²) in [6, 6.07) is 49.1. The van der Waals surface area contributed by atoms with E-state index in [1.807, 2.05) is 6.07 Å². The van der Waals surface area contributed by atoms with E-state index in [1.54, 1.807) is 0 Å². The van der Waals surface area contributed by atoms with Crippen LogP contribution in [-0.2, 0) is 5.41 Å². The average Bonchev–Trinajstić information content (AvgIpc) is 3.40. The van der Waals surface area contributed by atoms with Crippen molar-refractivity contribution in [2.45, 2.75) is 26.2 Å². The maximum Gasteiger partial charge on any atom is 0.271 e. The molecular formula is C36H32N3+. The first kappa shape index (κ1) is 24.7. The van der Waals surface area contributed by atoms with Crippen molar-refractivity contribution in [3.63, 3.8) is 0 Å². The van der Waals surface area contributed by atoms with Crippen LogP contribution < -0.4 is 4.48 Å². The van der Waals surface area contributed by atoms with Crippen molar-refractivity contribution in [3.8, 4) is 11.1 Å². The Morgan fingerprint density at radius 1 is 0.410 bits per heavy atom. The van der Waals surface area contributed by atoms with Gasteiger partial charge in [-0.25, -0.2) is 0 Å². The standard InChI is InChI=1S/C36H32N3/c1-36(2,3)31-25-23-30(24-26-31)35-38-37-34(29-21-19-28(20-22-29)27-13-7-4-8-14-27)39(35,32-15-9-5-10-16-32)33-17-11-6-12-18-33/h4-26H,1-3H3/q+1. The van der Waals surface area contributed by atoms with E-state index >= 15 is 0 Å². The smallest absolute Gasteiger partial charge is 0.158 e. The Morgan fingerprint density at radius 3 is 1.21 bits per heavy atom. The van der Waals surface area contributed by atoms with Gasteiger partial charge in [0.1, 0.15) is 0 Å². The molecule has 6 rings (SSSR count). The van der Waals surface area contributed by atoms with Gasteiger partial charge in [-0.05, 0) is 46.4 Å². The van der Waals surface area contributed by atoms with Gasteiger partial charge in [0.25, 0.3) is 11.7 Å². The molecule has 0 bridgehead atoms. The van der Waals surface area contributed by atoms with Gasteiger partial charge in [-0.1, -0.05) is 122 Å². The molecule has 0 spiro atoms. The number of para-hydroxylation sites is 2. The minimum absolute atomic E-state index is 0.0724. The second-order valence-corrected chi connectivity index (χ2v) is 11.0. The zero-order valence-corrected chi connectivity index (χ0v) is 22.6. The van der Waals surface area contributed by atoms with Crippen LogP contribution in [-0.4, -0.2) is 11.7 Å². The lowest BCUT2D eigenvalue weighted by Gasteiger charge is -2.34. The molecule has 0 saturated carbocycles. The van der Waals surface area contributed by atoms with E-state index in [-0.39, 0.29) is 5.41 Å². The largest absolute Gasteiger partial charge is 0.271 e. The number of hydrogen-bond donors (Lipinski definition) is 0. The molecule has 0 aliphatic carbocycles. The molecule has 0 aromatic heterocycles. The van der Waals surface area contributed by atoms with Crippen molar-refractivity contribution < 1.29 is 0 Å². The molecule has 5 aromatic rings. The Labute approximate surface area is 231 Å². The Hall–Kier alpha value is -4.60. The lowest BCUT2D eigenvalue weighted by Crippen LogP contribution is -2.52. The molecule has 3 heteroatoms. The van der Waals surface area contributed by atoms with Gasteiger partial charge in [-0.2, -0.15) is 4.48 Å². The average molecular weight is 507 g/mol. The van der Waals surface area contributed by atoms with Crippen LogP contribution >= 0.6 is 0 Å². The quantitative estimate of drug-likeness (QED) is 0.212. The van der Waals surface area contributed by atoms with E-state index in [9.17, 15) is 0 Å². The first-order valence-electron chi connectivity index (χ1n) is 13.4. The fraction of sp³-hybridized carbons (Fsp3) is 0.111. The summed E-state index contributed by atoms with van der Waals surface area (Å²) in [7, 11) is 0. The maximum atomic E-state index is 4.92. The molecule has 3 nitrogen and oxygen atoms in total. The van der Waals surface area contributed by atoms with E-state index in [0.29, 0.717) is 4.48 Å². The topological polar surface area (TPSA) is 24.7 Å². The number of nitrogens with zero attached hydrogens (tertiary/aromatic N) is 3. The van der Waals surface area contributed by atoms with Crippen molar-refractivity contribution in [2.24, 2.45) is 10.2 Å². The van der Waals surface area contributed by atoms with Crippen LogP contribution in [0.5, 0.6) is 0 Å². The molecular weight excluding hydrogens is 474 g/mol. The van der Waals surface area contributed by atoms with Gasteiger partial charge in [0.15, 0.2) is 11.4 Å². The molecule has 1 aliphatic heterocycles. The van der Waals surface area contributed by atoms with Crippen molar-refractivity contribution in [1.82, 2.24) is 4.48 Å². The highest BCUT2D eigenvalue weighted by Crippen LogP contribution is 2.42. The highest BCUT2D eigenvalue weighted by atomic mass is 15.5. The molecule has 1 heterocycles. The highest BCUT2D eigenvalue weighted by molar-refractivity contribution is 6.30. The van der Waals surface area contributed by atoms with E-state index in [4.69, 9.17) is 10.2 Å². The third-order valence-corrected chi connectivity index (χ3v) is 7.42. The summed E-state index contributed by atoms with van der Waals surface area (Å²) in [5.41, 5.74) is 8.00. The third kappa shape index (κ3) is 4.41. The molecule has 1 aliphatic rings. The van der Waals surface area contributed by atoms with Crippen LogP contribution in [0.15, 0.2) is 150 Å². The minimum Gasteiger partial charge on any atom is -0.158 e. The number of amidine groups is 2. The van der Waals surface area contributed by atoms with Crippen LogP contribution in [0.4, 0.5) is 11.4 Å². The zero-order chi connectivity index (χ0) is 26.9. The van der Waals surface area contributed by atoms with Gasteiger partial charge in [0.2, 0.25) is 0 Å². The molecule has 5 aromatic carbocycles. The lowest BCUT2D eigenvalue weighted by molar-refractivity contribution is 0.590. The van der Waals surface area contributed by atoms with Crippen molar-refractivity contribution in [1.29, 1.82) is 0 Å². The zero-order valence-electron chi connectivity index (χ0n) is 22.6. The number of rotatable bonds is 5. The molecule has 0 atom stereocenters. The monoisotopic (exact) mass is 506 g/mol. The van der Waals surface area contributed by atoms with Crippen molar-refractivity contribution in [2.75, 3.05) is 0 Å². The molecule has 0 fully saturated rings. The predicted octanol–water partition coefficient (Wildman–Crippen LogP) is 9.11. The molecule has 0 N–H and O–H groups in total. The summed E-state index contributed by atoms with van der Waals surface area (Å²) in [6.45, 7) is 6.72. The van der Waals surface area contributed by atoms with E-state index in [1.165, 1.54) is 16.7 Å². The van der Waals surface area contributed by atoms with Crippen LogP contribution in [0, 0.1) is 0 Å². The fourth-order valence-corrected chi connectivity index (χ4v) is 5.34. The second kappa shape index (κ2) is 9.94. The van der Waals surface area contributed by atoms with E-state index in [0.717, 1.165) is 34.2 Å². The second-order valence-electron chi connectivity index (χ2n) is 11.0. The van der Waals surface area contributed by atoms with E-state index in [2.05, 4.69) is 154 Å². The van der Waals surface area contributed by atoms with Gasteiger partial charge in [-0.15, -0.1) is 0 Å². The SMILES string of the molecule is CC(C)(C)c1ccc(C2=NN=C(c3ccc(-c4ccccc4)cc3)[N+]2(c2ccccc2)c2ccccc2)cc1. The molecule has 0 radical (unpaired) electrons. The van der Waals surface area contributed by atoms with Crippen LogP contribution in [0.3, 0.4) is 0 Å². The normalized spacial score (nSPS) is 14.5. The van der Waals surface area contributed by atoms with Crippen LogP contribution in [0.2, 0.25) is 0 Å². The summed E-state index contributed by atoms with van der Waals surface area (Å²) >= 11 is 0.